The van der Waals surface area contributed by atoms with Crippen LogP contribution in [0.25, 0.3) is 0 Å². The summed E-state index contributed by atoms with van der Waals surface area (Å²) in [4.78, 5) is 0. The molecule has 1 aromatic rings. The van der Waals surface area contributed by atoms with E-state index in [1.807, 2.05) is 6.07 Å². The van der Waals surface area contributed by atoms with Crippen LogP contribution in [0.4, 0.5) is 0 Å². The van der Waals surface area contributed by atoms with Crippen molar-refractivity contribution in [3.8, 4) is 40.9 Å². The smallest absolute Gasteiger partial charge is 0 e. The van der Waals surface area contributed by atoms with Gasteiger partial charge < -0.3 is 14.2 Å². The van der Waals surface area contributed by atoms with Crippen molar-refractivity contribution in [2.45, 2.75) is 19.3 Å². The average Bonchev–Trinajstić information content (AvgIpc) is 3.17. The topological polar surface area (TPSA) is 266 Å². The minimum absolute atomic E-state index is 0. The Morgan fingerprint density at radius 3 is 0.787 bits per heavy atom. The minimum Gasteiger partial charge on any atom is 0 e. The molecule has 2 bridgehead atoms. The van der Waals surface area contributed by atoms with E-state index in [9.17, 15) is 0 Å². The fraction of sp³-hybridized carbons (Fsp3) is 0.214. The number of benzene rings is 1. The zero-order valence-corrected chi connectivity index (χ0v) is 27.8. The van der Waals surface area contributed by atoms with E-state index in [1.165, 1.54) is 0 Å². The van der Waals surface area contributed by atoms with Crippen molar-refractivity contribution in [3.63, 3.8) is 0 Å². The van der Waals surface area contributed by atoms with Crippen LogP contribution in [-0.2, 0) is 136 Å². The first-order valence-electron chi connectivity index (χ1n) is 8.49. The zero-order valence-electron chi connectivity index (χ0n) is 23.7. The molecule has 0 aliphatic heterocycles. The van der Waals surface area contributed by atoms with Gasteiger partial charge in [0.15, 0.2) is 0 Å². The summed E-state index contributed by atoms with van der Waals surface area (Å²) in [5, 5.41) is 0. The number of ether oxygens (including phenoxy) is 3. The summed E-state index contributed by atoms with van der Waals surface area (Å²) in [6.45, 7) is 54.0. The van der Waals surface area contributed by atoms with E-state index < -0.39 is 0 Å². The fourth-order valence-corrected chi connectivity index (χ4v) is 2.12. The number of hydrogen-bond acceptors (Lipinski definition) is 3. The summed E-state index contributed by atoms with van der Waals surface area (Å²) in [5.41, 5.74) is 1.91. The SMILES string of the molecule is COc1cc(OC)c2c(OC)c1CC#CCC#CC2.[C-]#[O+].[C-]#[O+].[C-]#[O+].[C-]#[O+].[C-]#[O+].[C-]#[O+].[C-]#[O+].[C-]#[O+].[C-]#[O+].[C-]#[O+].[C-]#[O+].[C-]#[O+].[Co].[Co].[Co].[Co]. The molecule has 0 saturated carbocycles. The van der Waals surface area contributed by atoms with Crippen molar-refractivity contribution < 1.29 is 137 Å². The summed E-state index contributed by atoms with van der Waals surface area (Å²) < 4.78 is 106. The average molecular weight is 828 g/mol. The summed E-state index contributed by atoms with van der Waals surface area (Å²) in [6, 6.07) is 1.87. The second-order valence-electron chi connectivity index (χ2n) is 4.01. The van der Waals surface area contributed by atoms with Crippen molar-refractivity contribution in [2.75, 3.05) is 21.3 Å². The molecular formula is C28H16Co4O15. The maximum atomic E-state index is 7.50. The van der Waals surface area contributed by atoms with Crippen molar-refractivity contribution in [1.29, 1.82) is 0 Å². The van der Waals surface area contributed by atoms with Crippen LogP contribution in [-0.4, -0.2) is 21.3 Å². The van der Waals surface area contributed by atoms with Crippen LogP contribution in [0.3, 0.4) is 0 Å². The Labute approximate surface area is 314 Å². The van der Waals surface area contributed by atoms with Gasteiger partial charge in [-0.2, -0.15) is 0 Å². The van der Waals surface area contributed by atoms with Gasteiger partial charge in [-0.1, -0.05) is 23.7 Å². The maximum Gasteiger partial charge on any atom is 0 e. The molecule has 0 unspecified atom stereocenters. The van der Waals surface area contributed by atoms with Crippen molar-refractivity contribution in [3.05, 3.63) is 97.0 Å². The molecule has 0 atom stereocenters. The zero-order chi connectivity index (χ0) is 37.7. The van der Waals surface area contributed by atoms with Gasteiger partial charge in [0.1, 0.15) is 17.2 Å². The summed E-state index contributed by atoms with van der Waals surface area (Å²) >= 11 is 0. The molecule has 1 aliphatic carbocycles. The molecule has 0 N–H and O–H groups in total. The maximum absolute atomic E-state index is 7.50. The Bertz CT molecular complexity index is 956. The second-order valence-corrected chi connectivity index (χ2v) is 4.01. The first kappa shape index (κ1) is 96.7. The minimum atomic E-state index is 0. The molecule has 15 nitrogen and oxygen atoms in total. The van der Waals surface area contributed by atoms with Gasteiger partial charge in [-0.3, -0.25) is 0 Å². The quantitative estimate of drug-likeness (QED) is 0.251. The molecule has 0 aromatic heterocycles. The van der Waals surface area contributed by atoms with E-state index in [-0.39, 0.29) is 67.1 Å². The molecule has 1 aromatic carbocycles. The number of methoxy groups -OCH3 is 3. The molecule has 0 spiro atoms. The molecule has 0 amide bonds. The van der Waals surface area contributed by atoms with Crippen LogP contribution in [0.15, 0.2) is 6.07 Å². The van der Waals surface area contributed by atoms with Gasteiger partial charge in [0.05, 0.1) is 27.8 Å². The summed E-state index contributed by atoms with van der Waals surface area (Å²) in [7, 11) is 4.92. The molecule has 0 fully saturated rings. The van der Waals surface area contributed by atoms with Crippen LogP contribution >= 0.6 is 0 Å². The van der Waals surface area contributed by atoms with Crippen LogP contribution < -0.4 is 14.2 Å². The van der Waals surface area contributed by atoms with Crippen molar-refractivity contribution >= 4 is 0 Å². The van der Waals surface area contributed by atoms with Gasteiger partial charge in [-0.05, 0) is 0 Å². The van der Waals surface area contributed by atoms with Gasteiger partial charge in [0.2, 0.25) is 0 Å². The van der Waals surface area contributed by atoms with E-state index in [0.29, 0.717) is 19.3 Å². The second kappa shape index (κ2) is 144. The number of hydrogen-bond donors (Lipinski definition) is 0. The third-order valence-electron chi connectivity index (χ3n) is 3.01. The summed E-state index contributed by atoms with van der Waals surface area (Å²) in [5.74, 6) is 14.5. The van der Waals surface area contributed by atoms with Gasteiger partial charge in [0, 0.05) is 97.2 Å². The molecule has 4 radical (unpaired) electrons. The molecule has 254 valence electrons. The standard InChI is InChI=1S/C16H16O3.12CO.4Co/c1-17-14-11-15(18-2)13-10-8-6-4-5-7-9-12(14)16(13)19-3;12*1-2;;;;/h11H,4,9-10H2,1-3H3;;;;;;;;;;;;;;;;. The van der Waals surface area contributed by atoms with Gasteiger partial charge in [0.25, 0.3) is 0 Å². The first-order chi connectivity index (χ1) is 21.3. The Morgan fingerprint density at radius 2 is 0.617 bits per heavy atom. The largest absolute Gasteiger partial charge is 0 e. The van der Waals surface area contributed by atoms with E-state index in [0.717, 1.165) is 28.4 Å². The Balaban J connectivity index is -0.0000000241. The van der Waals surface area contributed by atoms with E-state index in [4.69, 9.17) is 70.0 Å². The van der Waals surface area contributed by atoms with Crippen LogP contribution in [0, 0.1) is 103 Å². The fourth-order valence-electron chi connectivity index (χ4n) is 2.12. The number of fused-ring (bicyclic) bond motifs is 2. The molecule has 0 heterocycles. The van der Waals surface area contributed by atoms with Gasteiger partial charge >= 0.3 is 136 Å². The van der Waals surface area contributed by atoms with Gasteiger partial charge in [-0.25, -0.2) is 0 Å². The predicted octanol–water partition coefficient (Wildman–Crippen LogP) is 1.75. The molecule has 0 saturated heterocycles. The third kappa shape index (κ3) is 66.1. The number of rotatable bonds is 3. The van der Waals surface area contributed by atoms with Crippen LogP contribution in [0.1, 0.15) is 17.5 Å². The van der Waals surface area contributed by atoms with E-state index in [2.05, 4.69) is 103 Å². The first-order valence-corrected chi connectivity index (χ1v) is 8.49. The Kier molecular flexibility index (Phi) is 297. The van der Waals surface area contributed by atoms with E-state index >= 15 is 0 Å². The third-order valence-corrected chi connectivity index (χ3v) is 3.01. The summed E-state index contributed by atoms with van der Waals surface area (Å²) in [6.07, 6.45) is 1.77. The monoisotopic (exact) mass is 828 g/mol. The van der Waals surface area contributed by atoms with E-state index in [1.54, 1.807) is 21.3 Å². The predicted molar refractivity (Wildman–Crippen MR) is 121 cm³/mol. The van der Waals surface area contributed by atoms with Crippen LogP contribution in [0.5, 0.6) is 17.2 Å². The molecule has 2 rings (SSSR count). The normalized spacial score (nSPS) is 5.51. The van der Waals surface area contributed by atoms with Gasteiger partial charge in [-0.15, -0.1) is 0 Å². The van der Waals surface area contributed by atoms with Crippen molar-refractivity contribution in [1.82, 2.24) is 0 Å². The Morgan fingerprint density at radius 1 is 0.404 bits per heavy atom. The van der Waals surface area contributed by atoms with Crippen LogP contribution in [0.2, 0.25) is 0 Å². The molecule has 1 aliphatic rings. The molecular weight excluding hydrogens is 812 g/mol. The Hall–Kier alpha value is -3.35. The molecule has 47 heavy (non-hydrogen) atoms. The van der Waals surface area contributed by atoms with Crippen molar-refractivity contribution in [2.24, 2.45) is 0 Å². The molecule has 19 heteroatoms.